The molecule has 26 heavy (non-hydrogen) atoms. The van der Waals surface area contributed by atoms with Gasteiger partial charge in [0, 0.05) is 31.7 Å². The van der Waals surface area contributed by atoms with Gasteiger partial charge in [0.15, 0.2) is 0 Å². The average molecular weight is 356 g/mol. The molecule has 2 aromatic rings. The number of halogens is 1. The number of pyridine rings is 1. The van der Waals surface area contributed by atoms with Crippen molar-refractivity contribution < 1.29 is 9.18 Å². The predicted molar refractivity (Wildman–Crippen MR) is 101 cm³/mol. The van der Waals surface area contributed by atoms with Crippen molar-refractivity contribution in [2.24, 2.45) is 5.92 Å². The molecule has 0 bridgehead atoms. The van der Waals surface area contributed by atoms with Gasteiger partial charge >= 0.3 is 0 Å². The van der Waals surface area contributed by atoms with Crippen LogP contribution in [-0.2, 0) is 11.2 Å². The second-order valence-electron chi connectivity index (χ2n) is 7.10. The Morgan fingerprint density at radius 2 is 2.12 bits per heavy atom. The van der Waals surface area contributed by atoms with Gasteiger partial charge in [0.2, 0.25) is 5.91 Å². The molecule has 1 aromatic carbocycles. The number of hydrogen-bond donors (Lipinski definition) is 1. The van der Waals surface area contributed by atoms with E-state index in [1.165, 1.54) is 12.1 Å². The fourth-order valence-corrected chi connectivity index (χ4v) is 3.51. The van der Waals surface area contributed by atoms with Crippen LogP contribution in [0.3, 0.4) is 0 Å². The Morgan fingerprint density at radius 1 is 1.27 bits per heavy atom. The van der Waals surface area contributed by atoms with E-state index in [9.17, 15) is 9.18 Å². The fourth-order valence-electron chi connectivity index (χ4n) is 3.51. The number of carbonyl (C=O) groups excluding carboxylic acids is 1. The third-order valence-corrected chi connectivity index (χ3v) is 4.61. The van der Waals surface area contributed by atoms with Gasteiger partial charge in [-0.05, 0) is 43.9 Å². The number of carbonyl (C=O) groups is 1. The highest BCUT2D eigenvalue weighted by atomic mass is 19.1. The third-order valence-electron chi connectivity index (χ3n) is 4.61. The van der Waals surface area contributed by atoms with Crippen molar-refractivity contribution in [1.29, 1.82) is 0 Å². The molecule has 5 nitrogen and oxygen atoms in total. The predicted octanol–water partition coefficient (Wildman–Crippen LogP) is 1.95. The molecule has 1 aromatic heterocycles. The van der Waals surface area contributed by atoms with Crippen molar-refractivity contribution in [1.82, 2.24) is 15.2 Å². The zero-order valence-corrected chi connectivity index (χ0v) is 15.2. The molecule has 1 aliphatic rings. The van der Waals surface area contributed by atoms with E-state index in [2.05, 4.69) is 20.1 Å². The van der Waals surface area contributed by atoms with Gasteiger partial charge in [0.25, 0.3) is 0 Å². The van der Waals surface area contributed by atoms with E-state index in [-0.39, 0.29) is 24.2 Å². The smallest absolute Gasteiger partial charge is 0.224 e. The SMILES string of the molecule is CN(C)C[C@@H]1CN(c2ccccn2)C[C@H]1NC(=O)Cc1cccc(F)c1. The van der Waals surface area contributed by atoms with Crippen LogP contribution in [0.4, 0.5) is 10.2 Å². The Labute approximate surface area is 153 Å². The summed E-state index contributed by atoms with van der Waals surface area (Å²) in [6.07, 6.45) is 1.97. The summed E-state index contributed by atoms with van der Waals surface area (Å²) in [7, 11) is 4.07. The Hall–Kier alpha value is -2.47. The Balaban J connectivity index is 1.66. The summed E-state index contributed by atoms with van der Waals surface area (Å²) in [5.41, 5.74) is 0.686. The Bertz CT molecular complexity index is 738. The minimum atomic E-state index is -0.317. The lowest BCUT2D eigenvalue weighted by atomic mass is 10.0. The maximum Gasteiger partial charge on any atom is 0.224 e. The van der Waals surface area contributed by atoms with Crippen LogP contribution in [0.2, 0.25) is 0 Å². The monoisotopic (exact) mass is 356 g/mol. The first-order valence-corrected chi connectivity index (χ1v) is 8.86. The number of anilines is 1. The molecule has 6 heteroatoms. The maximum absolute atomic E-state index is 13.3. The average Bonchev–Trinajstić information content (AvgIpc) is 2.97. The molecule has 1 amide bonds. The molecule has 3 rings (SSSR count). The van der Waals surface area contributed by atoms with Gasteiger partial charge in [-0.1, -0.05) is 18.2 Å². The summed E-state index contributed by atoms with van der Waals surface area (Å²) >= 11 is 0. The van der Waals surface area contributed by atoms with Gasteiger partial charge in [0.05, 0.1) is 12.5 Å². The summed E-state index contributed by atoms with van der Waals surface area (Å²) in [6.45, 7) is 2.46. The molecule has 0 spiro atoms. The van der Waals surface area contributed by atoms with Crippen LogP contribution in [0, 0.1) is 11.7 Å². The zero-order chi connectivity index (χ0) is 18.5. The van der Waals surface area contributed by atoms with Crippen molar-refractivity contribution >= 4 is 11.7 Å². The van der Waals surface area contributed by atoms with E-state index < -0.39 is 0 Å². The lowest BCUT2D eigenvalue weighted by Crippen LogP contribution is -2.44. The summed E-state index contributed by atoms with van der Waals surface area (Å²) in [6, 6.07) is 12.1. The lowest BCUT2D eigenvalue weighted by Gasteiger charge is -2.22. The van der Waals surface area contributed by atoms with E-state index >= 15 is 0 Å². The van der Waals surface area contributed by atoms with Crippen molar-refractivity contribution in [2.75, 3.05) is 38.6 Å². The molecule has 0 radical (unpaired) electrons. The van der Waals surface area contributed by atoms with Crippen LogP contribution in [0.15, 0.2) is 48.7 Å². The van der Waals surface area contributed by atoms with Gasteiger partial charge in [-0.3, -0.25) is 4.79 Å². The highest BCUT2D eigenvalue weighted by Gasteiger charge is 2.34. The molecule has 0 aliphatic carbocycles. The van der Waals surface area contributed by atoms with E-state index in [1.807, 2.05) is 32.3 Å². The van der Waals surface area contributed by atoms with Crippen LogP contribution >= 0.6 is 0 Å². The minimum Gasteiger partial charge on any atom is -0.354 e. The first kappa shape index (κ1) is 18.3. The Kier molecular flexibility index (Phi) is 5.83. The van der Waals surface area contributed by atoms with Crippen LogP contribution in [0.25, 0.3) is 0 Å². The van der Waals surface area contributed by atoms with Gasteiger partial charge in [-0.15, -0.1) is 0 Å². The normalized spacial score (nSPS) is 19.8. The van der Waals surface area contributed by atoms with Crippen molar-refractivity contribution in [3.8, 4) is 0 Å². The topological polar surface area (TPSA) is 48.5 Å². The van der Waals surface area contributed by atoms with E-state index in [0.29, 0.717) is 11.5 Å². The van der Waals surface area contributed by atoms with Gasteiger partial charge in [-0.25, -0.2) is 9.37 Å². The van der Waals surface area contributed by atoms with Crippen molar-refractivity contribution in [3.63, 3.8) is 0 Å². The molecule has 1 aliphatic heterocycles. The second-order valence-corrected chi connectivity index (χ2v) is 7.10. The first-order valence-electron chi connectivity index (χ1n) is 8.86. The van der Waals surface area contributed by atoms with Crippen molar-refractivity contribution in [2.45, 2.75) is 12.5 Å². The lowest BCUT2D eigenvalue weighted by molar-refractivity contribution is -0.121. The van der Waals surface area contributed by atoms with Gasteiger partial charge in [0.1, 0.15) is 11.6 Å². The molecule has 138 valence electrons. The molecular formula is C20H25FN4O. The maximum atomic E-state index is 13.3. The fraction of sp³-hybridized carbons (Fsp3) is 0.400. The van der Waals surface area contributed by atoms with E-state index in [0.717, 1.165) is 25.5 Å². The second kappa shape index (κ2) is 8.27. The molecule has 2 heterocycles. The minimum absolute atomic E-state index is 0.0421. The van der Waals surface area contributed by atoms with Gasteiger partial charge < -0.3 is 15.1 Å². The quantitative estimate of drug-likeness (QED) is 0.859. The summed E-state index contributed by atoms with van der Waals surface area (Å²) < 4.78 is 13.3. The summed E-state index contributed by atoms with van der Waals surface area (Å²) in [5, 5.41) is 3.14. The van der Waals surface area contributed by atoms with E-state index in [1.54, 1.807) is 18.3 Å². The third kappa shape index (κ3) is 4.79. The van der Waals surface area contributed by atoms with Crippen molar-refractivity contribution in [3.05, 3.63) is 60.0 Å². The number of hydrogen-bond acceptors (Lipinski definition) is 4. The largest absolute Gasteiger partial charge is 0.354 e. The molecule has 1 N–H and O–H groups in total. The Morgan fingerprint density at radius 3 is 2.81 bits per heavy atom. The number of aromatic nitrogens is 1. The van der Waals surface area contributed by atoms with Crippen LogP contribution < -0.4 is 10.2 Å². The summed E-state index contributed by atoms with van der Waals surface area (Å²) in [4.78, 5) is 21.2. The number of rotatable bonds is 6. The number of amides is 1. The molecule has 0 saturated carbocycles. The zero-order valence-electron chi connectivity index (χ0n) is 15.2. The summed E-state index contributed by atoms with van der Waals surface area (Å²) in [5.74, 6) is 0.844. The number of nitrogens with zero attached hydrogens (tertiary/aromatic N) is 3. The highest BCUT2D eigenvalue weighted by Crippen LogP contribution is 2.23. The van der Waals surface area contributed by atoms with Crippen LogP contribution in [0.1, 0.15) is 5.56 Å². The molecule has 0 unspecified atom stereocenters. The molecule has 2 atom stereocenters. The van der Waals surface area contributed by atoms with Gasteiger partial charge in [-0.2, -0.15) is 0 Å². The number of benzene rings is 1. The standard InChI is InChI=1S/C20H25FN4O/c1-24(2)12-16-13-25(19-8-3-4-9-22-19)14-18(16)23-20(26)11-15-6-5-7-17(21)10-15/h3-10,16,18H,11-14H2,1-2H3,(H,23,26)/t16-,18-/m1/s1. The first-order chi connectivity index (χ1) is 12.5. The van der Waals surface area contributed by atoms with Crippen LogP contribution in [0.5, 0.6) is 0 Å². The number of nitrogens with one attached hydrogen (secondary N) is 1. The molecular weight excluding hydrogens is 331 g/mol. The highest BCUT2D eigenvalue weighted by molar-refractivity contribution is 5.79. The molecule has 1 saturated heterocycles. The van der Waals surface area contributed by atoms with E-state index in [4.69, 9.17) is 0 Å². The van der Waals surface area contributed by atoms with Crippen LogP contribution in [-0.4, -0.2) is 55.6 Å². The molecule has 1 fully saturated rings.